The smallest absolute Gasteiger partial charge is 0.238 e. The van der Waals surface area contributed by atoms with Crippen molar-refractivity contribution in [2.24, 2.45) is 0 Å². The minimum Gasteiger partial charge on any atom is -0.489 e. The Morgan fingerprint density at radius 1 is 1.04 bits per heavy atom. The Kier molecular flexibility index (Phi) is 6.57. The van der Waals surface area contributed by atoms with Gasteiger partial charge in [-0.05, 0) is 57.0 Å². The molecule has 3 rings (SSSR count). The minimum atomic E-state index is -0.00000719. The number of hydrogen-bond donors (Lipinski definition) is 1. The van der Waals surface area contributed by atoms with Crippen LogP contribution < -0.4 is 15.0 Å². The Labute approximate surface area is 168 Å². The number of benzene rings is 2. The van der Waals surface area contributed by atoms with E-state index in [0.29, 0.717) is 12.3 Å². The van der Waals surface area contributed by atoms with E-state index in [2.05, 4.69) is 47.2 Å². The summed E-state index contributed by atoms with van der Waals surface area (Å²) in [5.74, 6) is 0.714. The van der Waals surface area contributed by atoms with E-state index in [1.165, 1.54) is 16.8 Å². The molecule has 150 valence electrons. The molecule has 0 aromatic heterocycles. The fourth-order valence-corrected chi connectivity index (χ4v) is 3.54. The molecule has 0 atom stereocenters. The molecule has 1 heterocycles. The number of aryl methyl sites for hydroxylation is 1. The maximum Gasteiger partial charge on any atom is 0.238 e. The van der Waals surface area contributed by atoms with Crippen molar-refractivity contribution in [3.05, 3.63) is 53.6 Å². The van der Waals surface area contributed by atoms with Crippen molar-refractivity contribution < 1.29 is 9.53 Å². The van der Waals surface area contributed by atoms with Gasteiger partial charge < -0.3 is 15.0 Å². The van der Waals surface area contributed by atoms with Gasteiger partial charge in [0.2, 0.25) is 5.91 Å². The summed E-state index contributed by atoms with van der Waals surface area (Å²) in [5, 5.41) is 3.00. The van der Waals surface area contributed by atoms with Gasteiger partial charge in [0.15, 0.2) is 0 Å². The predicted molar refractivity (Wildman–Crippen MR) is 115 cm³/mol. The molecule has 1 amide bonds. The molecule has 0 spiro atoms. The summed E-state index contributed by atoms with van der Waals surface area (Å²) in [4.78, 5) is 17.2. The molecule has 1 saturated heterocycles. The Morgan fingerprint density at radius 3 is 2.46 bits per heavy atom. The molecule has 2 aromatic carbocycles. The van der Waals surface area contributed by atoms with Gasteiger partial charge in [0, 0.05) is 31.9 Å². The predicted octanol–water partition coefficient (Wildman–Crippen LogP) is 3.85. The number of piperazine rings is 1. The molecule has 0 saturated carbocycles. The largest absolute Gasteiger partial charge is 0.489 e. The van der Waals surface area contributed by atoms with E-state index < -0.39 is 0 Å². The topological polar surface area (TPSA) is 44.8 Å². The molecule has 0 aliphatic carbocycles. The number of rotatable bonds is 6. The van der Waals surface area contributed by atoms with Crippen LogP contribution >= 0.6 is 0 Å². The van der Waals surface area contributed by atoms with E-state index in [4.69, 9.17) is 4.74 Å². The summed E-state index contributed by atoms with van der Waals surface area (Å²) in [6.45, 7) is 12.3. The number of carbonyl (C=O) groups is 1. The molecule has 0 radical (unpaired) electrons. The number of anilines is 2. The Hall–Kier alpha value is -2.53. The maximum absolute atomic E-state index is 12.5. The first-order valence-corrected chi connectivity index (χ1v) is 10.0. The Bertz CT molecular complexity index is 811. The molecule has 1 aliphatic rings. The second-order valence-electron chi connectivity index (χ2n) is 7.69. The highest BCUT2D eigenvalue weighted by Crippen LogP contribution is 2.25. The molecule has 1 fully saturated rings. The van der Waals surface area contributed by atoms with Gasteiger partial charge in [-0.2, -0.15) is 0 Å². The summed E-state index contributed by atoms with van der Waals surface area (Å²) < 4.78 is 5.79. The lowest BCUT2D eigenvalue weighted by Gasteiger charge is -2.36. The fourth-order valence-electron chi connectivity index (χ4n) is 3.54. The van der Waals surface area contributed by atoms with E-state index in [9.17, 15) is 4.79 Å². The third kappa shape index (κ3) is 5.04. The standard InChI is InChI=1S/C23H31N3O2/c1-17(2)28-22-11-6-5-9-20(22)24-23(27)16-25-12-14-26(15-13-25)21-10-7-8-18(3)19(21)4/h5-11,17H,12-16H2,1-4H3,(H,24,27). The van der Waals surface area contributed by atoms with Gasteiger partial charge in [-0.1, -0.05) is 24.3 Å². The van der Waals surface area contributed by atoms with Crippen LogP contribution in [-0.4, -0.2) is 49.6 Å². The highest BCUT2D eigenvalue weighted by atomic mass is 16.5. The van der Waals surface area contributed by atoms with Crippen molar-refractivity contribution in [3.63, 3.8) is 0 Å². The first kappa shape index (κ1) is 20.2. The van der Waals surface area contributed by atoms with E-state index >= 15 is 0 Å². The number of nitrogens with one attached hydrogen (secondary N) is 1. The number of hydrogen-bond acceptors (Lipinski definition) is 4. The van der Waals surface area contributed by atoms with Crippen molar-refractivity contribution in [3.8, 4) is 5.75 Å². The van der Waals surface area contributed by atoms with Crippen LogP contribution in [0.1, 0.15) is 25.0 Å². The van der Waals surface area contributed by atoms with Crippen LogP contribution in [0.4, 0.5) is 11.4 Å². The highest BCUT2D eigenvalue weighted by molar-refractivity contribution is 5.93. The van der Waals surface area contributed by atoms with Crippen LogP contribution in [0.25, 0.3) is 0 Å². The van der Waals surface area contributed by atoms with Crippen molar-refractivity contribution in [2.45, 2.75) is 33.8 Å². The molecule has 0 unspecified atom stereocenters. The van der Waals surface area contributed by atoms with Crippen molar-refractivity contribution in [1.29, 1.82) is 0 Å². The second-order valence-corrected chi connectivity index (χ2v) is 7.69. The third-order valence-corrected chi connectivity index (χ3v) is 5.18. The first-order valence-electron chi connectivity index (χ1n) is 10.0. The quantitative estimate of drug-likeness (QED) is 0.825. The first-order chi connectivity index (χ1) is 13.4. The molecule has 2 aromatic rings. The molecular formula is C23H31N3O2. The van der Waals surface area contributed by atoms with Crippen LogP contribution in [0, 0.1) is 13.8 Å². The summed E-state index contributed by atoms with van der Waals surface area (Å²) in [6.07, 6.45) is 0.0659. The zero-order chi connectivity index (χ0) is 20.1. The highest BCUT2D eigenvalue weighted by Gasteiger charge is 2.21. The summed E-state index contributed by atoms with van der Waals surface area (Å²) in [6, 6.07) is 14.1. The van der Waals surface area contributed by atoms with Crippen molar-refractivity contribution >= 4 is 17.3 Å². The SMILES string of the molecule is Cc1cccc(N2CCN(CC(=O)Nc3ccccc3OC(C)C)CC2)c1C. The average Bonchev–Trinajstić information content (AvgIpc) is 2.66. The van der Waals surface area contributed by atoms with Crippen LogP contribution in [-0.2, 0) is 4.79 Å². The number of ether oxygens (including phenoxy) is 1. The molecule has 0 bridgehead atoms. The summed E-state index contributed by atoms with van der Waals surface area (Å²) in [7, 11) is 0. The van der Waals surface area contributed by atoms with Crippen LogP contribution in [0.2, 0.25) is 0 Å². The normalized spacial score (nSPS) is 15.0. The second kappa shape index (κ2) is 9.11. The lowest BCUT2D eigenvalue weighted by atomic mass is 10.1. The van der Waals surface area contributed by atoms with Gasteiger partial charge >= 0.3 is 0 Å². The lowest BCUT2D eigenvalue weighted by Crippen LogP contribution is -2.48. The molecule has 1 aliphatic heterocycles. The van der Waals surface area contributed by atoms with E-state index in [-0.39, 0.29) is 12.0 Å². The summed E-state index contributed by atoms with van der Waals surface area (Å²) in [5.41, 5.74) is 4.70. The monoisotopic (exact) mass is 381 g/mol. The molecule has 5 heteroatoms. The minimum absolute atomic E-state index is 0.00000719. The zero-order valence-corrected chi connectivity index (χ0v) is 17.4. The van der Waals surface area contributed by atoms with Crippen molar-refractivity contribution in [1.82, 2.24) is 4.90 Å². The van der Waals surface area contributed by atoms with Crippen LogP contribution in [0.3, 0.4) is 0 Å². The summed E-state index contributed by atoms with van der Waals surface area (Å²) >= 11 is 0. The molecule has 5 nitrogen and oxygen atoms in total. The van der Waals surface area contributed by atoms with Gasteiger partial charge in [0.05, 0.1) is 18.3 Å². The lowest BCUT2D eigenvalue weighted by molar-refractivity contribution is -0.117. The van der Waals surface area contributed by atoms with E-state index in [1.807, 2.05) is 38.1 Å². The number of carbonyl (C=O) groups excluding carboxylic acids is 1. The number of amides is 1. The average molecular weight is 382 g/mol. The van der Waals surface area contributed by atoms with Crippen molar-refractivity contribution in [2.75, 3.05) is 42.9 Å². The third-order valence-electron chi connectivity index (χ3n) is 5.18. The Balaban J connectivity index is 1.54. The van der Waals surface area contributed by atoms with Crippen LogP contribution in [0.5, 0.6) is 5.75 Å². The molecule has 1 N–H and O–H groups in total. The number of nitrogens with zero attached hydrogens (tertiary/aromatic N) is 2. The van der Waals surface area contributed by atoms with E-state index in [1.54, 1.807) is 0 Å². The van der Waals surface area contributed by atoms with Gasteiger partial charge in [-0.3, -0.25) is 9.69 Å². The van der Waals surface area contributed by atoms with Gasteiger partial charge in [0.25, 0.3) is 0 Å². The van der Waals surface area contributed by atoms with Gasteiger partial charge in [0.1, 0.15) is 5.75 Å². The Morgan fingerprint density at radius 2 is 1.75 bits per heavy atom. The zero-order valence-electron chi connectivity index (χ0n) is 17.4. The fraction of sp³-hybridized carbons (Fsp3) is 0.435. The molecule has 28 heavy (non-hydrogen) atoms. The van der Waals surface area contributed by atoms with Gasteiger partial charge in [-0.25, -0.2) is 0 Å². The van der Waals surface area contributed by atoms with Crippen LogP contribution in [0.15, 0.2) is 42.5 Å². The maximum atomic E-state index is 12.5. The number of para-hydroxylation sites is 2. The van der Waals surface area contributed by atoms with E-state index in [0.717, 1.165) is 31.9 Å². The molecular weight excluding hydrogens is 350 g/mol. The van der Waals surface area contributed by atoms with Gasteiger partial charge in [-0.15, -0.1) is 0 Å².